The fourth-order valence-corrected chi connectivity index (χ4v) is 2.64. The number of aromatic amines is 1. The molecule has 0 fully saturated rings. The zero-order valence-electron chi connectivity index (χ0n) is 12.1. The van der Waals surface area contributed by atoms with Crippen molar-refractivity contribution < 1.29 is 0 Å². The summed E-state index contributed by atoms with van der Waals surface area (Å²) in [7, 11) is 0. The van der Waals surface area contributed by atoms with Gasteiger partial charge in [-0.2, -0.15) is 5.10 Å². The highest BCUT2D eigenvalue weighted by Crippen LogP contribution is 2.13. The van der Waals surface area contributed by atoms with Crippen LogP contribution >= 0.6 is 0 Å². The fraction of sp³-hybridized carbons (Fsp3) is 0.571. The fourth-order valence-electron chi connectivity index (χ4n) is 2.64. The minimum atomic E-state index is -0.423. The van der Waals surface area contributed by atoms with E-state index in [1.54, 1.807) is 13.1 Å². The quantitative estimate of drug-likeness (QED) is 0.877. The van der Waals surface area contributed by atoms with Crippen molar-refractivity contribution >= 4 is 0 Å². The molecule has 1 N–H and O–H groups in total. The Morgan fingerprint density at radius 2 is 2.05 bits per heavy atom. The number of nitrogens with zero attached hydrogens (tertiary/aromatic N) is 4. The molecule has 3 rings (SSSR count). The van der Waals surface area contributed by atoms with Gasteiger partial charge in [0.05, 0.1) is 6.54 Å². The van der Waals surface area contributed by atoms with E-state index in [0.717, 1.165) is 31.6 Å². The molecule has 0 atom stereocenters. The summed E-state index contributed by atoms with van der Waals surface area (Å²) in [6.07, 6.45) is 7.21. The molecule has 0 saturated heterocycles. The van der Waals surface area contributed by atoms with Crippen LogP contribution in [-0.2, 0) is 19.5 Å². The standard InChI is InChI=1S/C14H19N5O2/c1-10-8-18(14(21)16-13(10)20)9-11-15-12-6-4-2-3-5-7-19(12)17-11/h8H,2-7,9H2,1H3,(H,16,20,21). The van der Waals surface area contributed by atoms with E-state index in [-0.39, 0.29) is 12.1 Å². The zero-order valence-corrected chi connectivity index (χ0v) is 12.1. The lowest BCUT2D eigenvalue weighted by atomic mass is 10.1. The summed E-state index contributed by atoms with van der Waals surface area (Å²) in [5, 5.41) is 4.49. The van der Waals surface area contributed by atoms with E-state index in [2.05, 4.69) is 15.1 Å². The van der Waals surface area contributed by atoms with Crippen molar-refractivity contribution in [3.8, 4) is 0 Å². The van der Waals surface area contributed by atoms with Gasteiger partial charge < -0.3 is 0 Å². The molecule has 1 aliphatic heterocycles. The number of hydrogen-bond donors (Lipinski definition) is 1. The highest BCUT2D eigenvalue weighted by molar-refractivity contribution is 5.03. The molecule has 0 aliphatic carbocycles. The van der Waals surface area contributed by atoms with E-state index in [1.807, 2.05) is 4.68 Å². The van der Waals surface area contributed by atoms with E-state index in [9.17, 15) is 9.59 Å². The second-order valence-corrected chi connectivity index (χ2v) is 5.53. The number of hydrogen-bond acceptors (Lipinski definition) is 4. The highest BCUT2D eigenvalue weighted by Gasteiger charge is 2.13. The average Bonchev–Trinajstić information content (AvgIpc) is 2.77. The Bertz CT molecular complexity index is 730. The minimum Gasteiger partial charge on any atom is -0.293 e. The van der Waals surface area contributed by atoms with Gasteiger partial charge in [-0.25, -0.2) is 14.5 Å². The Hall–Kier alpha value is -2.18. The molecule has 0 saturated carbocycles. The smallest absolute Gasteiger partial charge is 0.293 e. The minimum absolute atomic E-state index is 0.288. The van der Waals surface area contributed by atoms with Crippen LogP contribution in [0.15, 0.2) is 15.8 Å². The first kappa shape index (κ1) is 13.8. The molecule has 2 aromatic heterocycles. The van der Waals surface area contributed by atoms with Crippen molar-refractivity contribution in [1.82, 2.24) is 24.3 Å². The Balaban J connectivity index is 1.88. The van der Waals surface area contributed by atoms with Crippen molar-refractivity contribution in [3.05, 3.63) is 44.2 Å². The lowest BCUT2D eigenvalue weighted by Crippen LogP contribution is -2.31. The third-order valence-corrected chi connectivity index (χ3v) is 3.81. The number of aromatic nitrogens is 5. The summed E-state index contributed by atoms with van der Waals surface area (Å²) < 4.78 is 3.40. The molecule has 0 aromatic carbocycles. The molecular formula is C14H19N5O2. The highest BCUT2D eigenvalue weighted by atomic mass is 16.2. The van der Waals surface area contributed by atoms with Gasteiger partial charge in [0.15, 0.2) is 5.82 Å². The van der Waals surface area contributed by atoms with Gasteiger partial charge in [0.25, 0.3) is 5.56 Å². The molecule has 0 amide bonds. The van der Waals surface area contributed by atoms with E-state index in [1.165, 1.54) is 17.4 Å². The monoisotopic (exact) mass is 289 g/mol. The van der Waals surface area contributed by atoms with E-state index < -0.39 is 5.69 Å². The molecule has 0 bridgehead atoms. The summed E-state index contributed by atoms with van der Waals surface area (Å²) in [5.41, 5.74) is -0.263. The molecule has 0 spiro atoms. The van der Waals surface area contributed by atoms with Crippen molar-refractivity contribution in [2.24, 2.45) is 0 Å². The van der Waals surface area contributed by atoms with Gasteiger partial charge in [-0.3, -0.25) is 14.3 Å². The predicted octanol–water partition coefficient (Wildman–Crippen LogP) is 0.601. The molecule has 0 unspecified atom stereocenters. The lowest BCUT2D eigenvalue weighted by Gasteiger charge is -2.09. The van der Waals surface area contributed by atoms with Crippen LogP contribution in [0.25, 0.3) is 0 Å². The van der Waals surface area contributed by atoms with E-state index in [0.29, 0.717) is 11.4 Å². The summed E-state index contributed by atoms with van der Waals surface area (Å²) in [6.45, 7) is 2.85. The second-order valence-electron chi connectivity index (χ2n) is 5.53. The van der Waals surface area contributed by atoms with Crippen LogP contribution in [0.1, 0.15) is 42.9 Å². The summed E-state index contributed by atoms with van der Waals surface area (Å²) in [4.78, 5) is 30.0. The maximum absolute atomic E-state index is 11.8. The molecule has 21 heavy (non-hydrogen) atoms. The van der Waals surface area contributed by atoms with Crippen molar-refractivity contribution in [2.45, 2.75) is 52.1 Å². The van der Waals surface area contributed by atoms with Gasteiger partial charge in [-0.1, -0.05) is 12.8 Å². The molecule has 1 aliphatic rings. The number of rotatable bonds is 2. The van der Waals surface area contributed by atoms with E-state index >= 15 is 0 Å². The van der Waals surface area contributed by atoms with Crippen LogP contribution in [0.5, 0.6) is 0 Å². The Labute approximate surface area is 121 Å². The summed E-state index contributed by atoms with van der Waals surface area (Å²) in [6, 6.07) is 0. The molecule has 112 valence electrons. The number of H-pyrrole nitrogens is 1. The number of aryl methyl sites for hydroxylation is 3. The van der Waals surface area contributed by atoms with Gasteiger partial charge in [-0.05, 0) is 19.8 Å². The Morgan fingerprint density at radius 1 is 1.24 bits per heavy atom. The van der Waals surface area contributed by atoms with Crippen LogP contribution in [0.3, 0.4) is 0 Å². The third kappa shape index (κ3) is 2.96. The summed E-state index contributed by atoms with van der Waals surface area (Å²) in [5.74, 6) is 1.62. The first-order valence-electron chi connectivity index (χ1n) is 7.36. The molecule has 2 aromatic rings. The molecule has 0 radical (unpaired) electrons. The van der Waals surface area contributed by atoms with Crippen molar-refractivity contribution in [2.75, 3.05) is 0 Å². The van der Waals surface area contributed by atoms with Crippen molar-refractivity contribution in [3.63, 3.8) is 0 Å². The van der Waals surface area contributed by atoms with Gasteiger partial charge in [0, 0.05) is 24.7 Å². The Kier molecular flexibility index (Phi) is 3.72. The SMILES string of the molecule is Cc1cn(Cc2nc3n(n2)CCCCCC3)c(=O)[nH]c1=O. The molecule has 7 heteroatoms. The normalized spacial score (nSPS) is 15.3. The van der Waals surface area contributed by atoms with Crippen LogP contribution in [0.4, 0.5) is 0 Å². The number of nitrogens with one attached hydrogen (secondary N) is 1. The van der Waals surface area contributed by atoms with Gasteiger partial charge in [0.2, 0.25) is 0 Å². The first-order chi connectivity index (χ1) is 10.1. The van der Waals surface area contributed by atoms with Crippen LogP contribution in [-0.4, -0.2) is 24.3 Å². The second kappa shape index (κ2) is 5.67. The average molecular weight is 289 g/mol. The predicted molar refractivity (Wildman–Crippen MR) is 77.4 cm³/mol. The maximum Gasteiger partial charge on any atom is 0.328 e. The molecule has 3 heterocycles. The van der Waals surface area contributed by atoms with Gasteiger partial charge >= 0.3 is 5.69 Å². The largest absolute Gasteiger partial charge is 0.328 e. The first-order valence-corrected chi connectivity index (χ1v) is 7.36. The maximum atomic E-state index is 11.8. The molecular weight excluding hydrogens is 270 g/mol. The lowest BCUT2D eigenvalue weighted by molar-refractivity contribution is 0.479. The number of fused-ring (bicyclic) bond motifs is 1. The summed E-state index contributed by atoms with van der Waals surface area (Å²) >= 11 is 0. The van der Waals surface area contributed by atoms with Crippen LogP contribution < -0.4 is 11.2 Å². The Morgan fingerprint density at radius 3 is 2.90 bits per heavy atom. The third-order valence-electron chi connectivity index (χ3n) is 3.81. The molecule has 7 nitrogen and oxygen atoms in total. The van der Waals surface area contributed by atoms with Gasteiger partial charge in [-0.15, -0.1) is 0 Å². The topological polar surface area (TPSA) is 85.6 Å². The van der Waals surface area contributed by atoms with Gasteiger partial charge in [0.1, 0.15) is 5.82 Å². The van der Waals surface area contributed by atoms with Crippen molar-refractivity contribution in [1.29, 1.82) is 0 Å². The van der Waals surface area contributed by atoms with Crippen LogP contribution in [0, 0.1) is 6.92 Å². The van der Waals surface area contributed by atoms with E-state index in [4.69, 9.17) is 0 Å². The zero-order chi connectivity index (χ0) is 14.8. The van der Waals surface area contributed by atoms with Crippen LogP contribution in [0.2, 0.25) is 0 Å².